The highest BCUT2D eigenvalue weighted by Crippen LogP contribution is 2.50. The average Bonchev–Trinajstić information content (AvgIpc) is 3.23. The third kappa shape index (κ3) is 10.6. The van der Waals surface area contributed by atoms with E-state index in [1.54, 1.807) is 0 Å². The number of rotatable bonds is 10. The molecule has 8 saturated carbocycles. The number of nitrogens with zero attached hydrogens (tertiary/aromatic N) is 2. The fourth-order valence-electron chi connectivity index (χ4n) is 15.2. The molecule has 2 heteroatoms. The summed E-state index contributed by atoms with van der Waals surface area (Å²) >= 11 is 0. The van der Waals surface area contributed by atoms with Crippen LogP contribution in [0.4, 0.5) is 0 Å². The van der Waals surface area contributed by atoms with E-state index in [2.05, 4.69) is 61.8 Å². The molecule has 0 aromatic rings. The van der Waals surface area contributed by atoms with E-state index in [1.165, 1.54) is 193 Å². The van der Waals surface area contributed by atoms with Crippen LogP contribution in [0, 0.1) is 59.2 Å². The van der Waals surface area contributed by atoms with E-state index in [0.29, 0.717) is 0 Å². The van der Waals surface area contributed by atoms with Gasteiger partial charge in [0.15, 0.2) is 0 Å². The Labute approximate surface area is 348 Å². The Bertz CT molecular complexity index is 1090. The molecule has 0 amide bonds. The SMILES string of the molecule is CC1CCC(/C=C/C2CCC(N(C3CCC(C)CC3)C3CCC(N(C4CCC(C)CC4)C4CCC(/C=C/C5CCC(C)CC5)CC4)C4CCCCC43)CC2)CC1. The van der Waals surface area contributed by atoms with Crippen molar-refractivity contribution in [2.24, 2.45) is 59.2 Å². The first kappa shape index (κ1) is 42.1. The lowest BCUT2D eigenvalue weighted by molar-refractivity contribution is -0.0882. The fraction of sp³-hybridized carbons (Fsp3) is 0.926. The van der Waals surface area contributed by atoms with Crippen molar-refractivity contribution < 1.29 is 0 Å². The summed E-state index contributed by atoms with van der Waals surface area (Å²) in [6.45, 7) is 10.0. The Morgan fingerprint density at radius 1 is 0.268 bits per heavy atom. The lowest BCUT2D eigenvalue weighted by atomic mass is 9.63. The van der Waals surface area contributed by atoms with Gasteiger partial charge < -0.3 is 0 Å². The molecular formula is C54H92N2. The van der Waals surface area contributed by atoms with Gasteiger partial charge in [-0.3, -0.25) is 9.80 Å². The van der Waals surface area contributed by atoms with E-state index in [9.17, 15) is 0 Å². The topological polar surface area (TPSA) is 6.48 Å². The standard InChI is InChI=1S/C54H92N2/c1-39-9-17-43(18-10-39)21-23-45-25-33-49(34-26-45)55(47-29-13-41(3)14-30-47)53-37-38-54(52-8-6-5-7-51(52)53)56(48-31-15-42(4)16-32-48)50-35-27-46(28-36-50)24-22-44-19-11-40(2)12-20-44/h21-24,39-54H,5-20,25-38H2,1-4H3/b23-21+,24-22+. The van der Waals surface area contributed by atoms with E-state index in [4.69, 9.17) is 0 Å². The van der Waals surface area contributed by atoms with Gasteiger partial charge in [-0.2, -0.15) is 0 Å². The molecule has 4 unspecified atom stereocenters. The van der Waals surface area contributed by atoms with E-state index >= 15 is 0 Å². The minimum Gasteiger partial charge on any atom is -0.294 e. The summed E-state index contributed by atoms with van der Waals surface area (Å²) in [5.74, 6) is 9.19. The minimum absolute atomic E-state index is 0.852. The molecule has 2 nitrogen and oxygen atoms in total. The van der Waals surface area contributed by atoms with Gasteiger partial charge in [-0.25, -0.2) is 0 Å². The van der Waals surface area contributed by atoms with Gasteiger partial charge in [0.25, 0.3) is 0 Å². The molecule has 0 aromatic carbocycles. The van der Waals surface area contributed by atoms with Gasteiger partial charge in [0, 0.05) is 36.3 Å². The van der Waals surface area contributed by atoms with Gasteiger partial charge in [-0.15, -0.1) is 0 Å². The largest absolute Gasteiger partial charge is 0.294 e. The van der Waals surface area contributed by atoms with Crippen LogP contribution in [0.1, 0.15) is 220 Å². The first-order chi connectivity index (χ1) is 27.4. The first-order valence-corrected chi connectivity index (χ1v) is 26.3. The van der Waals surface area contributed by atoms with Crippen LogP contribution in [0.3, 0.4) is 0 Å². The number of hydrogen-bond acceptors (Lipinski definition) is 2. The third-order valence-electron chi connectivity index (χ3n) is 19.0. The molecule has 318 valence electrons. The van der Waals surface area contributed by atoms with Crippen molar-refractivity contribution in [1.29, 1.82) is 0 Å². The zero-order valence-corrected chi connectivity index (χ0v) is 37.7. The number of hydrogen-bond donors (Lipinski definition) is 0. The van der Waals surface area contributed by atoms with Crippen LogP contribution < -0.4 is 0 Å². The molecule has 0 aliphatic heterocycles. The minimum atomic E-state index is 0.852. The zero-order chi connectivity index (χ0) is 38.4. The Hall–Kier alpha value is -0.600. The van der Waals surface area contributed by atoms with Crippen LogP contribution in [-0.4, -0.2) is 46.1 Å². The Balaban J connectivity index is 0.958. The maximum absolute atomic E-state index is 3.37. The van der Waals surface area contributed by atoms with Crippen molar-refractivity contribution in [1.82, 2.24) is 9.80 Å². The predicted molar refractivity (Wildman–Crippen MR) is 241 cm³/mol. The third-order valence-corrected chi connectivity index (χ3v) is 19.0. The number of fused-ring (bicyclic) bond motifs is 1. The molecule has 0 heterocycles. The second-order valence-electron chi connectivity index (χ2n) is 23.0. The summed E-state index contributed by atoms with van der Waals surface area (Å²) in [6, 6.07) is 5.19. The molecule has 4 atom stereocenters. The summed E-state index contributed by atoms with van der Waals surface area (Å²) in [5.41, 5.74) is 0. The molecule has 56 heavy (non-hydrogen) atoms. The summed E-state index contributed by atoms with van der Waals surface area (Å²) in [5, 5.41) is 0. The molecule has 8 aliphatic rings. The second-order valence-corrected chi connectivity index (χ2v) is 23.0. The highest BCUT2D eigenvalue weighted by Gasteiger charge is 2.50. The summed E-state index contributed by atoms with van der Waals surface area (Å²) in [4.78, 5) is 6.73. The first-order valence-electron chi connectivity index (χ1n) is 26.3. The normalized spacial score (nSPS) is 46.0. The van der Waals surface area contributed by atoms with Crippen LogP contribution >= 0.6 is 0 Å². The van der Waals surface area contributed by atoms with E-state index in [1.807, 2.05) is 0 Å². The monoisotopic (exact) mass is 769 g/mol. The molecule has 8 aliphatic carbocycles. The molecule has 0 saturated heterocycles. The second kappa shape index (κ2) is 20.3. The zero-order valence-electron chi connectivity index (χ0n) is 37.7. The van der Waals surface area contributed by atoms with Crippen molar-refractivity contribution in [3.8, 4) is 0 Å². The van der Waals surface area contributed by atoms with Crippen molar-refractivity contribution in [2.45, 2.75) is 257 Å². The number of allylic oxidation sites excluding steroid dienone is 4. The van der Waals surface area contributed by atoms with Crippen molar-refractivity contribution in [3.63, 3.8) is 0 Å². The lowest BCUT2D eigenvalue weighted by Crippen LogP contribution is -2.62. The summed E-state index contributed by atoms with van der Waals surface area (Å²) in [6.07, 6.45) is 55.2. The van der Waals surface area contributed by atoms with Gasteiger partial charge in [-0.1, -0.05) is 90.5 Å². The van der Waals surface area contributed by atoms with Crippen LogP contribution in [0.15, 0.2) is 24.3 Å². The maximum atomic E-state index is 3.37. The lowest BCUT2D eigenvalue weighted by Gasteiger charge is -2.59. The molecule has 0 radical (unpaired) electrons. The van der Waals surface area contributed by atoms with E-state index < -0.39 is 0 Å². The van der Waals surface area contributed by atoms with Crippen molar-refractivity contribution >= 4 is 0 Å². The Morgan fingerprint density at radius 3 is 0.786 bits per heavy atom. The van der Waals surface area contributed by atoms with E-state index in [-0.39, 0.29) is 0 Å². The molecule has 8 rings (SSSR count). The summed E-state index contributed by atoms with van der Waals surface area (Å²) < 4.78 is 0. The predicted octanol–water partition coefficient (Wildman–Crippen LogP) is 15.0. The van der Waals surface area contributed by atoms with Crippen molar-refractivity contribution in [3.05, 3.63) is 24.3 Å². The molecule has 0 spiro atoms. The molecular weight excluding hydrogens is 677 g/mol. The molecule has 0 bridgehead atoms. The summed E-state index contributed by atoms with van der Waals surface area (Å²) in [7, 11) is 0. The highest BCUT2D eigenvalue weighted by molar-refractivity contribution is 5.06. The maximum Gasteiger partial charge on any atom is 0.0133 e. The van der Waals surface area contributed by atoms with Crippen LogP contribution in [0.25, 0.3) is 0 Å². The van der Waals surface area contributed by atoms with E-state index in [0.717, 1.165) is 95.4 Å². The molecule has 0 N–H and O–H groups in total. The van der Waals surface area contributed by atoms with Gasteiger partial charge in [0.1, 0.15) is 0 Å². The molecule has 8 fully saturated rings. The van der Waals surface area contributed by atoms with Gasteiger partial charge in [-0.05, 0) is 213 Å². The quantitative estimate of drug-likeness (QED) is 0.204. The van der Waals surface area contributed by atoms with Crippen LogP contribution in [0.5, 0.6) is 0 Å². The Kier molecular flexibility index (Phi) is 15.3. The fourth-order valence-corrected chi connectivity index (χ4v) is 15.2. The van der Waals surface area contributed by atoms with Crippen LogP contribution in [-0.2, 0) is 0 Å². The van der Waals surface area contributed by atoms with Gasteiger partial charge in [0.2, 0.25) is 0 Å². The molecule has 0 aromatic heterocycles. The van der Waals surface area contributed by atoms with Gasteiger partial charge in [0.05, 0.1) is 0 Å². The van der Waals surface area contributed by atoms with Crippen LogP contribution in [0.2, 0.25) is 0 Å². The highest BCUT2D eigenvalue weighted by atomic mass is 15.3. The smallest absolute Gasteiger partial charge is 0.0133 e. The Morgan fingerprint density at radius 2 is 0.500 bits per heavy atom. The van der Waals surface area contributed by atoms with Crippen molar-refractivity contribution in [2.75, 3.05) is 0 Å². The average molecular weight is 769 g/mol. The van der Waals surface area contributed by atoms with Gasteiger partial charge >= 0.3 is 0 Å².